The second-order valence-corrected chi connectivity index (χ2v) is 9.25. The molecule has 3 aliphatic rings. The zero-order chi connectivity index (χ0) is 26.9. The maximum Gasteiger partial charge on any atom is 0.261 e. The molecule has 0 radical (unpaired) electrons. The molecular formula is C36H29BN2O. The molecule has 0 atom stereocenters. The van der Waals surface area contributed by atoms with Crippen LogP contribution in [0.25, 0.3) is 0 Å². The fraction of sp³-hybridized carbons (Fsp3) is 0.0556. The van der Waals surface area contributed by atoms with Crippen LogP contribution in [-0.2, 0) is 0 Å². The van der Waals surface area contributed by atoms with Gasteiger partial charge in [0.2, 0.25) is 0 Å². The number of rotatable bonds is 2. The van der Waals surface area contributed by atoms with E-state index in [1.807, 2.05) is 0 Å². The number of hydrogen-bond donors (Lipinski definition) is 0. The van der Waals surface area contributed by atoms with E-state index < -0.39 is 0 Å². The molecule has 3 aliphatic heterocycles. The molecule has 5 aromatic rings. The first-order valence-electron chi connectivity index (χ1n) is 12.8. The lowest BCUT2D eigenvalue weighted by molar-refractivity contribution is 0.487. The molecule has 3 heterocycles. The molecule has 5 aromatic carbocycles. The molecule has 0 unspecified atom stereocenters. The summed E-state index contributed by atoms with van der Waals surface area (Å²) in [7, 11) is 0. The van der Waals surface area contributed by atoms with Crippen LogP contribution >= 0.6 is 0 Å². The van der Waals surface area contributed by atoms with Gasteiger partial charge in [-0.15, -0.1) is 25.2 Å². The fourth-order valence-corrected chi connectivity index (χ4v) is 5.96. The number of para-hydroxylation sites is 2. The summed E-state index contributed by atoms with van der Waals surface area (Å²) in [5.41, 5.74) is 11.0. The normalized spacial score (nSPS) is 12.1. The van der Waals surface area contributed by atoms with Crippen molar-refractivity contribution in [2.24, 2.45) is 0 Å². The Balaban J connectivity index is 0.000000507. The smallest absolute Gasteiger partial charge is 0.261 e. The van der Waals surface area contributed by atoms with Crippen LogP contribution < -0.4 is 30.9 Å². The van der Waals surface area contributed by atoms with Crippen molar-refractivity contribution in [1.29, 1.82) is 0 Å². The summed E-state index contributed by atoms with van der Waals surface area (Å²) in [4.78, 5) is 4.78. The van der Waals surface area contributed by atoms with Gasteiger partial charge >= 0.3 is 0 Å². The second-order valence-electron chi connectivity index (χ2n) is 9.25. The Morgan fingerprint density at radius 3 is 1.30 bits per heavy atom. The lowest BCUT2D eigenvalue weighted by Gasteiger charge is -2.46. The van der Waals surface area contributed by atoms with Gasteiger partial charge in [-0.3, -0.25) is 0 Å². The van der Waals surface area contributed by atoms with E-state index in [9.17, 15) is 0 Å². The first-order valence-corrected chi connectivity index (χ1v) is 12.8. The van der Waals surface area contributed by atoms with Gasteiger partial charge in [0.1, 0.15) is 11.5 Å². The lowest BCUT2D eigenvalue weighted by Crippen LogP contribution is -2.63. The van der Waals surface area contributed by atoms with Crippen LogP contribution in [-0.4, -0.2) is 6.71 Å². The SMILES string of the molecule is C.C#C.C#CC.c1ccc(N2c3cccc4c3B3c5c(cccc5N(c5ccccc5)c5cccc2c53)O4)cc1. The highest BCUT2D eigenvalue weighted by molar-refractivity contribution is 7.01. The monoisotopic (exact) mass is 516 g/mol. The van der Waals surface area contributed by atoms with E-state index in [1.165, 1.54) is 39.1 Å². The predicted molar refractivity (Wildman–Crippen MR) is 172 cm³/mol. The van der Waals surface area contributed by atoms with Gasteiger partial charge in [-0.1, -0.05) is 62.0 Å². The first kappa shape index (κ1) is 26.3. The fourth-order valence-electron chi connectivity index (χ4n) is 5.96. The third-order valence-corrected chi connectivity index (χ3v) is 7.22. The van der Waals surface area contributed by atoms with Gasteiger partial charge in [0.15, 0.2) is 0 Å². The van der Waals surface area contributed by atoms with Crippen LogP contribution in [0.4, 0.5) is 34.1 Å². The summed E-state index contributed by atoms with van der Waals surface area (Å²) in [6, 6.07) is 40.8. The van der Waals surface area contributed by atoms with Gasteiger partial charge in [-0.05, 0) is 84.0 Å². The molecule has 0 spiro atoms. The van der Waals surface area contributed by atoms with E-state index in [-0.39, 0.29) is 14.1 Å². The van der Waals surface area contributed by atoms with Crippen molar-refractivity contribution in [2.75, 3.05) is 9.80 Å². The summed E-state index contributed by atoms with van der Waals surface area (Å²) >= 11 is 0. The van der Waals surface area contributed by atoms with Crippen molar-refractivity contribution in [3.05, 3.63) is 115 Å². The molecule has 0 aromatic heterocycles. The number of nitrogens with zero attached hydrogens (tertiary/aromatic N) is 2. The highest BCUT2D eigenvalue weighted by atomic mass is 16.5. The van der Waals surface area contributed by atoms with E-state index in [4.69, 9.17) is 4.74 Å². The molecule has 40 heavy (non-hydrogen) atoms. The van der Waals surface area contributed by atoms with Gasteiger partial charge < -0.3 is 14.5 Å². The van der Waals surface area contributed by atoms with Crippen LogP contribution in [0.15, 0.2) is 115 Å². The van der Waals surface area contributed by atoms with Crippen molar-refractivity contribution in [3.63, 3.8) is 0 Å². The molecule has 0 fully saturated rings. The molecule has 0 saturated carbocycles. The molecular weight excluding hydrogens is 487 g/mol. The Bertz CT molecular complexity index is 1620. The molecule has 8 rings (SSSR count). The number of benzene rings is 5. The van der Waals surface area contributed by atoms with E-state index in [2.05, 4.69) is 150 Å². The third-order valence-electron chi connectivity index (χ3n) is 7.22. The van der Waals surface area contributed by atoms with E-state index in [1.54, 1.807) is 6.92 Å². The largest absolute Gasteiger partial charge is 0.458 e. The average Bonchev–Trinajstić information content (AvgIpc) is 3.00. The Morgan fingerprint density at radius 1 is 0.550 bits per heavy atom. The summed E-state index contributed by atoms with van der Waals surface area (Å²) in [5, 5.41) is 0. The van der Waals surface area contributed by atoms with Gasteiger partial charge in [-0.2, -0.15) is 0 Å². The van der Waals surface area contributed by atoms with E-state index in [0.29, 0.717) is 0 Å². The van der Waals surface area contributed by atoms with Gasteiger partial charge in [0.25, 0.3) is 6.71 Å². The van der Waals surface area contributed by atoms with Crippen LogP contribution in [0.1, 0.15) is 14.4 Å². The minimum atomic E-state index is 0. The number of ether oxygens (including phenoxy) is 1. The summed E-state index contributed by atoms with van der Waals surface area (Å²) in [6.07, 6.45) is 12.6. The Kier molecular flexibility index (Phi) is 7.11. The molecule has 0 saturated heterocycles. The maximum atomic E-state index is 6.56. The van der Waals surface area contributed by atoms with Crippen LogP contribution in [0.3, 0.4) is 0 Å². The van der Waals surface area contributed by atoms with Crippen LogP contribution in [0, 0.1) is 25.2 Å². The molecule has 4 heteroatoms. The maximum absolute atomic E-state index is 6.56. The minimum Gasteiger partial charge on any atom is -0.458 e. The van der Waals surface area contributed by atoms with Crippen molar-refractivity contribution < 1.29 is 4.74 Å². The quantitative estimate of drug-likeness (QED) is 0.176. The van der Waals surface area contributed by atoms with Crippen LogP contribution in [0.2, 0.25) is 0 Å². The number of terminal acetylenes is 2. The summed E-state index contributed by atoms with van der Waals surface area (Å²) in [6.45, 7) is 1.79. The van der Waals surface area contributed by atoms with Gasteiger partial charge in [0.05, 0.1) is 0 Å². The lowest BCUT2D eigenvalue weighted by atomic mass is 9.32. The van der Waals surface area contributed by atoms with E-state index >= 15 is 0 Å². The average molecular weight is 516 g/mol. The van der Waals surface area contributed by atoms with Gasteiger partial charge in [-0.25, -0.2) is 0 Å². The van der Waals surface area contributed by atoms with Crippen molar-refractivity contribution in [1.82, 2.24) is 0 Å². The Labute approximate surface area is 237 Å². The zero-order valence-corrected chi connectivity index (χ0v) is 21.6. The minimum absolute atomic E-state index is 0. The molecule has 0 aliphatic carbocycles. The van der Waals surface area contributed by atoms with Crippen molar-refractivity contribution in [3.8, 4) is 36.7 Å². The van der Waals surface area contributed by atoms with Crippen LogP contribution in [0.5, 0.6) is 11.5 Å². The second kappa shape index (κ2) is 10.8. The van der Waals surface area contributed by atoms with Crippen molar-refractivity contribution >= 4 is 57.2 Å². The number of anilines is 6. The van der Waals surface area contributed by atoms with E-state index in [0.717, 1.165) is 22.9 Å². The zero-order valence-electron chi connectivity index (χ0n) is 21.6. The summed E-state index contributed by atoms with van der Waals surface area (Å²) < 4.78 is 6.56. The van der Waals surface area contributed by atoms with Crippen molar-refractivity contribution in [2.45, 2.75) is 14.4 Å². The topological polar surface area (TPSA) is 15.7 Å². The predicted octanol–water partition coefficient (Wildman–Crippen LogP) is 7.40. The number of hydrogen-bond acceptors (Lipinski definition) is 3. The standard InChI is InChI=1S/C30H19BN2O.C3H4.C2H2.CH4/c1-3-10-20(11-4-1)32-22-14-7-15-23-28(22)31-29-24(32)16-8-18-26(29)34-27-19-9-17-25(30(27)31)33(23)21-12-5-2-6-13-21;1-3-2;1-2;/h1-19H;1H,2H3;1-2H;1H4. The molecule has 0 N–H and O–H groups in total. The highest BCUT2D eigenvalue weighted by Gasteiger charge is 2.47. The molecule has 0 bridgehead atoms. The molecule has 192 valence electrons. The Hall–Kier alpha value is -5.32. The Morgan fingerprint density at radius 2 is 0.900 bits per heavy atom. The molecule has 3 nitrogen and oxygen atoms in total. The highest BCUT2D eigenvalue weighted by Crippen LogP contribution is 2.47. The third kappa shape index (κ3) is 3.82. The first-order chi connectivity index (χ1) is 19.3. The summed E-state index contributed by atoms with van der Waals surface area (Å²) in [5.74, 6) is 4.14. The molecule has 0 amide bonds. The van der Waals surface area contributed by atoms with Gasteiger partial charge in [0, 0.05) is 34.1 Å².